The van der Waals surface area contributed by atoms with Gasteiger partial charge in [-0.1, -0.05) is 37.3 Å². The monoisotopic (exact) mass is 278 g/mol. The Morgan fingerprint density at radius 3 is 2.45 bits per heavy atom. The number of hydrogen-bond acceptors (Lipinski definition) is 3. The summed E-state index contributed by atoms with van der Waals surface area (Å²) in [6.45, 7) is 3.40. The Morgan fingerprint density at radius 1 is 1.20 bits per heavy atom. The Hall–Kier alpha value is -1.88. The first-order valence-corrected chi connectivity index (χ1v) is 6.81. The van der Waals surface area contributed by atoms with E-state index in [0.29, 0.717) is 12.8 Å². The van der Waals surface area contributed by atoms with Gasteiger partial charge in [0.25, 0.3) is 0 Å². The molecule has 1 aromatic rings. The molecular formula is C15H22N2O3. The van der Waals surface area contributed by atoms with E-state index >= 15 is 0 Å². The van der Waals surface area contributed by atoms with Crippen LogP contribution in [0.4, 0.5) is 0 Å². The Balaban J connectivity index is 2.35. The van der Waals surface area contributed by atoms with Gasteiger partial charge in [-0.05, 0) is 12.5 Å². The zero-order valence-corrected chi connectivity index (χ0v) is 11.9. The summed E-state index contributed by atoms with van der Waals surface area (Å²) in [5, 5.41) is 15.2. The number of rotatable bonds is 7. The topological polar surface area (TPSA) is 78.4 Å². The van der Waals surface area contributed by atoms with Gasteiger partial charge in [0.1, 0.15) is 0 Å². The van der Waals surface area contributed by atoms with Crippen molar-refractivity contribution in [1.82, 2.24) is 10.6 Å². The van der Waals surface area contributed by atoms with Gasteiger partial charge >= 0.3 is 0 Å². The van der Waals surface area contributed by atoms with Gasteiger partial charge in [0.2, 0.25) is 11.8 Å². The molecule has 3 N–H and O–H groups in total. The number of aliphatic hydroxyl groups excluding tert-OH is 1. The molecule has 0 fully saturated rings. The van der Waals surface area contributed by atoms with E-state index < -0.39 is 6.10 Å². The van der Waals surface area contributed by atoms with Crippen molar-refractivity contribution in [3.63, 3.8) is 0 Å². The fourth-order valence-electron chi connectivity index (χ4n) is 1.74. The lowest BCUT2D eigenvalue weighted by Gasteiger charge is -2.20. The number of carbonyl (C=O) groups is 2. The van der Waals surface area contributed by atoms with Crippen LogP contribution in [-0.4, -0.2) is 35.6 Å². The maximum absolute atomic E-state index is 11.6. The van der Waals surface area contributed by atoms with Gasteiger partial charge in [-0.3, -0.25) is 9.59 Å². The average molecular weight is 278 g/mol. The lowest BCUT2D eigenvalue weighted by atomic mass is 10.0. The van der Waals surface area contributed by atoms with Gasteiger partial charge < -0.3 is 15.7 Å². The number of benzene rings is 1. The highest BCUT2D eigenvalue weighted by atomic mass is 16.3. The van der Waals surface area contributed by atoms with E-state index in [-0.39, 0.29) is 24.4 Å². The van der Waals surface area contributed by atoms with Gasteiger partial charge in [0, 0.05) is 12.8 Å². The minimum Gasteiger partial charge on any atom is -0.391 e. The minimum absolute atomic E-state index is 0.0604. The van der Waals surface area contributed by atoms with Gasteiger partial charge in [-0.2, -0.15) is 0 Å². The molecule has 0 aliphatic heterocycles. The minimum atomic E-state index is -0.664. The molecule has 0 spiro atoms. The van der Waals surface area contributed by atoms with Crippen LogP contribution in [0.3, 0.4) is 0 Å². The predicted octanol–water partition coefficient (Wildman–Crippen LogP) is 0.621. The molecule has 0 saturated carbocycles. The first-order chi connectivity index (χ1) is 9.52. The van der Waals surface area contributed by atoms with Crippen molar-refractivity contribution >= 4 is 11.8 Å². The van der Waals surface area contributed by atoms with Crippen LogP contribution in [0.15, 0.2) is 30.3 Å². The van der Waals surface area contributed by atoms with Crippen LogP contribution in [0.25, 0.3) is 0 Å². The molecule has 110 valence electrons. The standard InChI is InChI=1S/C15H22N2O3/c1-3-14(19)16-10-15(20)17-11(2)13(18)9-12-7-5-4-6-8-12/h4-8,11,13,18H,3,9-10H2,1-2H3,(H,16,19)(H,17,20). The third kappa shape index (κ3) is 5.84. The molecule has 20 heavy (non-hydrogen) atoms. The van der Waals surface area contributed by atoms with E-state index in [9.17, 15) is 14.7 Å². The van der Waals surface area contributed by atoms with Crippen molar-refractivity contribution < 1.29 is 14.7 Å². The zero-order chi connectivity index (χ0) is 15.0. The van der Waals surface area contributed by atoms with Gasteiger partial charge in [0.15, 0.2) is 0 Å². The smallest absolute Gasteiger partial charge is 0.239 e. The molecule has 5 heteroatoms. The molecule has 5 nitrogen and oxygen atoms in total. The van der Waals surface area contributed by atoms with Crippen LogP contribution < -0.4 is 10.6 Å². The number of carbonyl (C=O) groups excluding carboxylic acids is 2. The van der Waals surface area contributed by atoms with E-state index in [4.69, 9.17) is 0 Å². The maximum atomic E-state index is 11.6. The third-order valence-corrected chi connectivity index (χ3v) is 3.02. The molecule has 0 bridgehead atoms. The largest absolute Gasteiger partial charge is 0.391 e. The van der Waals surface area contributed by atoms with E-state index in [0.717, 1.165) is 5.56 Å². The van der Waals surface area contributed by atoms with Crippen LogP contribution in [0.5, 0.6) is 0 Å². The third-order valence-electron chi connectivity index (χ3n) is 3.02. The van der Waals surface area contributed by atoms with Crippen LogP contribution >= 0.6 is 0 Å². The van der Waals surface area contributed by atoms with Gasteiger partial charge in [-0.15, -0.1) is 0 Å². The summed E-state index contributed by atoms with van der Waals surface area (Å²) in [5.74, 6) is -0.468. The normalized spacial score (nSPS) is 13.3. The van der Waals surface area contributed by atoms with Gasteiger partial charge in [-0.25, -0.2) is 0 Å². The van der Waals surface area contributed by atoms with Crippen molar-refractivity contribution in [3.8, 4) is 0 Å². The highest BCUT2D eigenvalue weighted by Crippen LogP contribution is 2.05. The van der Waals surface area contributed by atoms with Crippen molar-refractivity contribution in [1.29, 1.82) is 0 Å². The SMILES string of the molecule is CCC(=O)NCC(=O)NC(C)C(O)Cc1ccccc1. The fraction of sp³-hybridized carbons (Fsp3) is 0.467. The van der Waals surface area contributed by atoms with E-state index in [1.165, 1.54) is 0 Å². The van der Waals surface area contributed by atoms with Crippen LogP contribution in [0.1, 0.15) is 25.8 Å². The van der Waals surface area contributed by atoms with Crippen LogP contribution in [0, 0.1) is 0 Å². The molecule has 0 aromatic heterocycles. The summed E-state index contributed by atoms with van der Waals surface area (Å²) in [7, 11) is 0. The van der Waals surface area contributed by atoms with E-state index in [1.807, 2.05) is 30.3 Å². The first-order valence-electron chi connectivity index (χ1n) is 6.81. The second kappa shape index (κ2) is 8.32. The second-order valence-corrected chi connectivity index (χ2v) is 4.74. The number of amides is 2. The van der Waals surface area contributed by atoms with Crippen molar-refractivity contribution in [2.75, 3.05) is 6.54 Å². The summed E-state index contributed by atoms with van der Waals surface area (Å²) in [4.78, 5) is 22.6. The lowest BCUT2D eigenvalue weighted by Crippen LogP contribution is -2.46. The summed E-state index contributed by atoms with van der Waals surface area (Å²) in [6, 6.07) is 9.22. The molecule has 0 heterocycles. The maximum Gasteiger partial charge on any atom is 0.239 e. The molecule has 0 aliphatic carbocycles. The number of nitrogens with one attached hydrogen (secondary N) is 2. The van der Waals surface area contributed by atoms with E-state index in [1.54, 1.807) is 13.8 Å². The lowest BCUT2D eigenvalue weighted by molar-refractivity contribution is -0.126. The second-order valence-electron chi connectivity index (χ2n) is 4.74. The molecule has 0 saturated heterocycles. The molecule has 1 rings (SSSR count). The Morgan fingerprint density at radius 2 is 1.85 bits per heavy atom. The molecule has 2 atom stereocenters. The first kappa shape index (κ1) is 16.2. The highest BCUT2D eigenvalue weighted by Gasteiger charge is 2.17. The summed E-state index contributed by atoms with van der Waals surface area (Å²) >= 11 is 0. The molecule has 2 unspecified atom stereocenters. The number of hydrogen-bond donors (Lipinski definition) is 3. The molecule has 1 aromatic carbocycles. The zero-order valence-electron chi connectivity index (χ0n) is 11.9. The van der Waals surface area contributed by atoms with Crippen LogP contribution in [0.2, 0.25) is 0 Å². The van der Waals surface area contributed by atoms with Crippen molar-refractivity contribution in [2.45, 2.75) is 38.8 Å². The number of aliphatic hydroxyl groups is 1. The Kier molecular flexibility index (Phi) is 6.73. The quantitative estimate of drug-likeness (QED) is 0.684. The fourth-order valence-corrected chi connectivity index (χ4v) is 1.74. The molecular weight excluding hydrogens is 256 g/mol. The highest BCUT2D eigenvalue weighted by molar-refractivity contribution is 5.84. The summed E-state index contributed by atoms with van der Waals surface area (Å²) in [5.41, 5.74) is 1.01. The summed E-state index contributed by atoms with van der Waals surface area (Å²) in [6.07, 6.45) is 0.159. The van der Waals surface area contributed by atoms with E-state index in [2.05, 4.69) is 10.6 Å². The average Bonchev–Trinajstić information content (AvgIpc) is 2.45. The van der Waals surface area contributed by atoms with Crippen molar-refractivity contribution in [3.05, 3.63) is 35.9 Å². The molecule has 2 amide bonds. The predicted molar refractivity (Wildman–Crippen MR) is 77.1 cm³/mol. The van der Waals surface area contributed by atoms with Crippen LogP contribution in [-0.2, 0) is 16.0 Å². The van der Waals surface area contributed by atoms with Crippen molar-refractivity contribution in [2.24, 2.45) is 0 Å². The summed E-state index contributed by atoms with van der Waals surface area (Å²) < 4.78 is 0. The molecule has 0 aliphatic rings. The Labute approximate surface area is 119 Å². The van der Waals surface area contributed by atoms with Gasteiger partial charge in [0.05, 0.1) is 18.7 Å². The Bertz CT molecular complexity index is 434. The molecule has 0 radical (unpaired) electrons.